The molecule has 0 aliphatic carbocycles. The highest BCUT2D eigenvalue weighted by atomic mass is 16.1. The summed E-state index contributed by atoms with van der Waals surface area (Å²) in [6.07, 6.45) is 3.40. The Balaban J connectivity index is 1.87. The molecule has 2 heteroatoms. The molecule has 0 atom stereocenters. The van der Waals surface area contributed by atoms with Gasteiger partial charge >= 0.3 is 0 Å². The van der Waals surface area contributed by atoms with E-state index in [1.807, 2.05) is 54.6 Å². The number of carbonyl (C=O) groups is 1. The number of allylic oxidation sites excluding steroid dienone is 1. The van der Waals surface area contributed by atoms with E-state index in [9.17, 15) is 4.79 Å². The van der Waals surface area contributed by atoms with Crippen LogP contribution in [0.15, 0.2) is 85.1 Å². The second kappa shape index (κ2) is 9.38. The first kappa shape index (κ1) is 20.6. The molecule has 3 rings (SSSR count). The second-order valence-corrected chi connectivity index (χ2v) is 7.87. The zero-order valence-electron chi connectivity index (χ0n) is 17.6. The molecule has 148 valence electrons. The van der Waals surface area contributed by atoms with Crippen molar-refractivity contribution in [3.8, 4) is 11.1 Å². The van der Waals surface area contributed by atoms with Crippen LogP contribution in [0, 0.1) is 0 Å². The molecule has 0 bridgehead atoms. The van der Waals surface area contributed by atoms with Crippen LogP contribution in [-0.2, 0) is 0 Å². The van der Waals surface area contributed by atoms with Crippen molar-refractivity contribution < 1.29 is 4.79 Å². The van der Waals surface area contributed by atoms with E-state index in [-0.39, 0.29) is 5.78 Å². The molecule has 0 saturated carbocycles. The summed E-state index contributed by atoms with van der Waals surface area (Å²) in [4.78, 5) is 12.9. The summed E-state index contributed by atoms with van der Waals surface area (Å²) in [7, 11) is 0. The first-order valence-electron chi connectivity index (χ1n) is 10.2. The lowest BCUT2D eigenvalue weighted by Crippen LogP contribution is -2.04. The van der Waals surface area contributed by atoms with E-state index in [1.54, 1.807) is 12.3 Å². The van der Waals surface area contributed by atoms with Gasteiger partial charge in [0.1, 0.15) is 0 Å². The summed E-state index contributed by atoms with van der Waals surface area (Å²) in [5.74, 6) is 0.795. The molecular weight excluding hydrogens is 354 g/mol. The third-order valence-electron chi connectivity index (χ3n) is 5.11. The highest BCUT2D eigenvalue weighted by Crippen LogP contribution is 2.32. The van der Waals surface area contributed by atoms with Crippen LogP contribution in [0.4, 0.5) is 5.69 Å². The predicted octanol–water partition coefficient (Wildman–Crippen LogP) is 7.41. The van der Waals surface area contributed by atoms with Gasteiger partial charge in [0.05, 0.1) is 0 Å². The highest BCUT2D eigenvalue weighted by Gasteiger charge is 2.13. The Bertz CT molecular complexity index is 974. The standard InChI is InChI=1S/C27H29NO/c1-19(2)22-15-10-16-23(20(3)4)27(22)28-18-17-26(29)25-14-9-8-13-24(25)21-11-6-5-7-12-21/h5-20,28H,1-4H3/b18-17+. The van der Waals surface area contributed by atoms with E-state index >= 15 is 0 Å². The molecular formula is C27H29NO. The minimum absolute atomic E-state index is 0.00919. The molecule has 3 aromatic carbocycles. The summed E-state index contributed by atoms with van der Waals surface area (Å²) in [5, 5.41) is 3.40. The van der Waals surface area contributed by atoms with Crippen LogP contribution in [-0.4, -0.2) is 5.78 Å². The molecule has 1 N–H and O–H groups in total. The van der Waals surface area contributed by atoms with Crippen molar-refractivity contribution in [2.45, 2.75) is 39.5 Å². The maximum absolute atomic E-state index is 12.9. The Labute approximate surface area is 174 Å². The van der Waals surface area contributed by atoms with Gasteiger partial charge in [0.25, 0.3) is 0 Å². The Kier molecular flexibility index (Phi) is 6.66. The van der Waals surface area contributed by atoms with Crippen LogP contribution < -0.4 is 5.32 Å². The van der Waals surface area contributed by atoms with Gasteiger partial charge in [-0.3, -0.25) is 4.79 Å². The van der Waals surface area contributed by atoms with Crippen LogP contribution >= 0.6 is 0 Å². The molecule has 0 aromatic heterocycles. The lowest BCUT2D eigenvalue weighted by Gasteiger charge is -2.19. The first-order valence-corrected chi connectivity index (χ1v) is 10.2. The van der Waals surface area contributed by atoms with Gasteiger partial charge in [0.2, 0.25) is 0 Å². The van der Waals surface area contributed by atoms with Crippen LogP contribution in [0.2, 0.25) is 0 Å². The van der Waals surface area contributed by atoms with Gasteiger partial charge in [-0.1, -0.05) is 100 Å². The fraction of sp³-hybridized carbons (Fsp3) is 0.222. The van der Waals surface area contributed by atoms with Crippen molar-refractivity contribution >= 4 is 11.5 Å². The van der Waals surface area contributed by atoms with Gasteiger partial charge < -0.3 is 5.32 Å². The molecule has 0 saturated heterocycles. The Morgan fingerprint density at radius 3 is 1.97 bits per heavy atom. The van der Waals surface area contributed by atoms with Crippen LogP contribution in [0.25, 0.3) is 11.1 Å². The fourth-order valence-electron chi connectivity index (χ4n) is 3.58. The van der Waals surface area contributed by atoms with E-state index in [2.05, 4.69) is 51.2 Å². The highest BCUT2D eigenvalue weighted by molar-refractivity contribution is 6.09. The number of ketones is 1. The number of benzene rings is 3. The Hall–Kier alpha value is -3.13. The minimum atomic E-state index is -0.00919. The lowest BCUT2D eigenvalue weighted by molar-refractivity contribution is 0.104. The smallest absolute Gasteiger partial charge is 0.187 e. The molecule has 0 unspecified atom stereocenters. The van der Waals surface area contributed by atoms with Crippen molar-refractivity contribution in [1.29, 1.82) is 0 Å². The van der Waals surface area contributed by atoms with E-state index < -0.39 is 0 Å². The van der Waals surface area contributed by atoms with Crippen LogP contribution in [0.3, 0.4) is 0 Å². The maximum Gasteiger partial charge on any atom is 0.187 e. The SMILES string of the molecule is CC(C)c1cccc(C(C)C)c1N/C=C/C(=O)c1ccccc1-c1ccccc1. The summed E-state index contributed by atoms with van der Waals surface area (Å²) in [6.45, 7) is 8.76. The largest absolute Gasteiger partial charge is 0.361 e. The molecule has 0 spiro atoms. The molecule has 2 nitrogen and oxygen atoms in total. The maximum atomic E-state index is 12.9. The molecule has 29 heavy (non-hydrogen) atoms. The lowest BCUT2D eigenvalue weighted by atomic mass is 9.92. The van der Waals surface area contributed by atoms with Crippen LogP contribution in [0.1, 0.15) is 61.0 Å². The van der Waals surface area contributed by atoms with Crippen molar-refractivity contribution in [3.05, 3.63) is 102 Å². The average Bonchev–Trinajstić information content (AvgIpc) is 2.74. The molecule has 0 aliphatic rings. The number of carbonyl (C=O) groups excluding carboxylic acids is 1. The number of nitrogens with one attached hydrogen (secondary N) is 1. The van der Waals surface area contributed by atoms with Gasteiger partial charge in [0, 0.05) is 23.5 Å². The fourth-order valence-corrected chi connectivity index (χ4v) is 3.58. The van der Waals surface area contributed by atoms with Gasteiger partial charge in [-0.05, 0) is 34.1 Å². The van der Waals surface area contributed by atoms with Gasteiger partial charge in [-0.25, -0.2) is 0 Å². The van der Waals surface area contributed by atoms with Crippen LogP contribution in [0.5, 0.6) is 0 Å². The molecule has 0 radical (unpaired) electrons. The average molecular weight is 384 g/mol. The summed E-state index contributed by atoms with van der Waals surface area (Å²) in [5.41, 5.74) is 6.34. The Morgan fingerprint density at radius 2 is 1.34 bits per heavy atom. The molecule has 0 amide bonds. The topological polar surface area (TPSA) is 29.1 Å². The van der Waals surface area contributed by atoms with Crippen molar-refractivity contribution in [2.24, 2.45) is 0 Å². The van der Waals surface area contributed by atoms with Gasteiger partial charge in [0.15, 0.2) is 5.78 Å². The van der Waals surface area contributed by atoms with E-state index in [0.29, 0.717) is 17.4 Å². The normalized spacial score (nSPS) is 11.4. The van der Waals surface area contributed by atoms with Crippen molar-refractivity contribution in [1.82, 2.24) is 0 Å². The zero-order valence-corrected chi connectivity index (χ0v) is 17.6. The number of anilines is 1. The molecule has 0 aliphatic heterocycles. The summed E-state index contributed by atoms with van der Waals surface area (Å²) >= 11 is 0. The van der Waals surface area contributed by atoms with Crippen molar-refractivity contribution in [3.63, 3.8) is 0 Å². The number of rotatable bonds is 7. The summed E-state index contributed by atoms with van der Waals surface area (Å²) < 4.78 is 0. The van der Waals surface area contributed by atoms with Gasteiger partial charge in [-0.15, -0.1) is 0 Å². The first-order chi connectivity index (χ1) is 14.0. The molecule has 0 fully saturated rings. The monoisotopic (exact) mass is 383 g/mol. The minimum Gasteiger partial charge on any atom is -0.361 e. The van der Waals surface area contributed by atoms with Crippen molar-refractivity contribution in [2.75, 3.05) is 5.32 Å². The molecule has 3 aromatic rings. The molecule has 0 heterocycles. The zero-order chi connectivity index (χ0) is 20.8. The van der Waals surface area contributed by atoms with Gasteiger partial charge in [-0.2, -0.15) is 0 Å². The number of hydrogen-bond donors (Lipinski definition) is 1. The Morgan fingerprint density at radius 1 is 0.759 bits per heavy atom. The number of hydrogen-bond acceptors (Lipinski definition) is 2. The quantitative estimate of drug-likeness (QED) is 0.340. The van der Waals surface area contributed by atoms with E-state index in [4.69, 9.17) is 0 Å². The predicted molar refractivity (Wildman–Crippen MR) is 124 cm³/mol. The number of para-hydroxylation sites is 1. The third kappa shape index (κ3) is 4.83. The second-order valence-electron chi connectivity index (χ2n) is 7.87. The van der Waals surface area contributed by atoms with E-state index in [0.717, 1.165) is 16.8 Å². The third-order valence-corrected chi connectivity index (χ3v) is 5.11. The summed E-state index contributed by atoms with van der Waals surface area (Å²) in [6, 6.07) is 24.2. The van der Waals surface area contributed by atoms with E-state index in [1.165, 1.54) is 11.1 Å².